The van der Waals surface area contributed by atoms with Gasteiger partial charge in [-0.1, -0.05) is 19.3 Å². The van der Waals surface area contributed by atoms with Gasteiger partial charge in [0, 0.05) is 31.9 Å². The van der Waals surface area contributed by atoms with Gasteiger partial charge in [0.05, 0.1) is 6.54 Å². The van der Waals surface area contributed by atoms with E-state index in [0.29, 0.717) is 13.0 Å². The SMILES string of the molecule is O=C1[C@H](C2CCCCC2)N2C(=O)CCN(C(=O)O)[C@H]2CN1CCc1ccncc1. The number of fused-ring (bicyclic) bond motifs is 1. The minimum absolute atomic E-state index is 0.0252. The molecule has 3 aliphatic rings. The van der Waals surface area contributed by atoms with E-state index in [-0.39, 0.29) is 37.2 Å². The van der Waals surface area contributed by atoms with Crippen molar-refractivity contribution in [3.05, 3.63) is 30.1 Å². The van der Waals surface area contributed by atoms with E-state index >= 15 is 0 Å². The fourth-order valence-corrected chi connectivity index (χ4v) is 5.05. The van der Waals surface area contributed by atoms with E-state index in [1.165, 1.54) is 4.90 Å². The van der Waals surface area contributed by atoms with Crippen molar-refractivity contribution >= 4 is 17.9 Å². The molecule has 0 bridgehead atoms. The fourth-order valence-electron chi connectivity index (χ4n) is 5.05. The topological polar surface area (TPSA) is 94.0 Å². The summed E-state index contributed by atoms with van der Waals surface area (Å²) in [6.07, 6.45) is 7.77. The summed E-state index contributed by atoms with van der Waals surface area (Å²) in [6.45, 7) is 0.947. The van der Waals surface area contributed by atoms with Crippen LogP contribution in [0, 0.1) is 5.92 Å². The van der Waals surface area contributed by atoms with E-state index in [1.807, 2.05) is 12.1 Å². The van der Waals surface area contributed by atoms with Crippen molar-refractivity contribution in [1.29, 1.82) is 0 Å². The number of hydrogen-bond donors (Lipinski definition) is 1. The molecule has 3 fully saturated rings. The summed E-state index contributed by atoms with van der Waals surface area (Å²) >= 11 is 0. The number of hydrogen-bond acceptors (Lipinski definition) is 4. The molecule has 0 spiro atoms. The lowest BCUT2D eigenvalue weighted by Gasteiger charge is -2.53. The molecule has 3 heterocycles. The Morgan fingerprint density at radius 1 is 1.14 bits per heavy atom. The van der Waals surface area contributed by atoms with Gasteiger partial charge < -0.3 is 14.9 Å². The van der Waals surface area contributed by atoms with E-state index in [1.54, 1.807) is 22.2 Å². The third-order valence-corrected chi connectivity index (χ3v) is 6.55. The predicted molar refractivity (Wildman–Crippen MR) is 105 cm³/mol. The Bertz CT molecular complexity index is 765. The highest BCUT2D eigenvalue weighted by atomic mass is 16.4. The Kier molecular flexibility index (Phi) is 5.69. The molecule has 2 aliphatic heterocycles. The van der Waals surface area contributed by atoms with Gasteiger partial charge in [-0.25, -0.2) is 4.79 Å². The summed E-state index contributed by atoms with van der Waals surface area (Å²) in [7, 11) is 0. The standard InChI is InChI=1S/C21H28N4O4/c26-18-9-13-24(21(28)29)17-14-23(12-8-15-6-10-22-11-7-15)20(27)19(25(17)18)16-4-2-1-3-5-16/h6-7,10-11,16-17,19H,1-5,8-9,12-14H2,(H,28,29)/t17-,19+/m1/s1. The van der Waals surface area contributed by atoms with Crippen LogP contribution in [0.5, 0.6) is 0 Å². The molecule has 1 aromatic heterocycles. The maximum absolute atomic E-state index is 13.5. The second kappa shape index (κ2) is 8.39. The fraction of sp³-hybridized carbons (Fsp3) is 0.619. The van der Waals surface area contributed by atoms with Gasteiger partial charge >= 0.3 is 6.09 Å². The Hall–Kier alpha value is -2.64. The van der Waals surface area contributed by atoms with Crippen LogP contribution in [0.25, 0.3) is 0 Å². The number of pyridine rings is 1. The van der Waals surface area contributed by atoms with Gasteiger partial charge in [0.25, 0.3) is 0 Å². The van der Waals surface area contributed by atoms with Crippen LogP contribution in [-0.2, 0) is 16.0 Å². The first-order chi connectivity index (χ1) is 14.1. The first-order valence-corrected chi connectivity index (χ1v) is 10.5. The molecule has 2 saturated heterocycles. The van der Waals surface area contributed by atoms with E-state index in [2.05, 4.69) is 4.98 Å². The largest absolute Gasteiger partial charge is 0.465 e. The van der Waals surface area contributed by atoms with Crippen molar-refractivity contribution in [2.24, 2.45) is 5.92 Å². The van der Waals surface area contributed by atoms with Gasteiger partial charge in [0.2, 0.25) is 11.8 Å². The Morgan fingerprint density at radius 2 is 1.86 bits per heavy atom. The molecule has 3 amide bonds. The highest BCUT2D eigenvalue weighted by Crippen LogP contribution is 2.35. The number of nitrogens with zero attached hydrogens (tertiary/aromatic N) is 4. The van der Waals surface area contributed by atoms with Crippen LogP contribution in [0.1, 0.15) is 44.1 Å². The van der Waals surface area contributed by atoms with Crippen LogP contribution in [0.2, 0.25) is 0 Å². The van der Waals surface area contributed by atoms with Crippen molar-refractivity contribution in [2.45, 2.75) is 57.2 Å². The van der Waals surface area contributed by atoms with E-state index in [4.69, 9.17) is 0 Å². The van der Waals surface area contributed by atoms with Gasteiger partial charge in [-0.05, 0) is 42.9 Å². The lowest BCUT2D eigenvalue weighted by atomic mass is 9.81. The summed E-state index contributed by atoms with van der Waals surface area (Å²) in [5.74, 6) is -0.00632. The maximum Gasteiger partial charge on any atom is 0.409 e. The molecule has 0 aromatic carbocycles. The summed E-state index contributed by atoms with van der Waals surface area (Å²) in [4.78, 5) is 46.9. The van der Waals surface area contributed by atoms with E-state index < -0.39 is 18.3 Å². The first kappa shape index (κ1) is 19.7. The quantitative estimate of drug-likeness (QED) is 0.834. The zero-order valence-electron chi connectivity index (χ0n) is 16.6. The average molecular weight is 400 g/mol. The number of rotatable bonds is 4. The molecule has 29 heavy (non-hydrogen) atoms. The zero-order chi connectivity index (χ0) is 20.4. The van der Waals surface area contributed by atoms with Gasteiger partial charge in [0.1, 0.15) is 12.2 Å². The number of aromatic nitrogens is 1. The lowest BCUT2D eigenvalue weighted by Crippen LogP contribution is -2.72. The number of carbonyl (C=O) groups excluding carboxylic acids is 2. The third kappa shape index (κ3) is 3.93. The third-order valence-electron chi connectivity index (χ3n) is 6.55. The highest BCUT2D eigenvalue weighted by Gasteiger charge is 2.51. The highest BCUT2D eigenvalue weighted by molar-refractivity contribution is 5.90. The van der Waals surface area contributed by atoms with Gasteiger partial charge in [-0.2, -0.15) is 0 Å². The van der Waals surface area contributed by atoms with Crippen molar-refractivity contribution in [3.8, 4) is 0 Å². The smallest absolute Gasteiger partial charge is 0.409 e. The summed E-state index contributed by atoms with van der Waals surface area (Å²) in [5.41, 5.74) is 1.08. The van der Waals surface area contributed by atoms with Crippen molar-refractivity contribution in [1.82, 2.24) is 19.7 Å². The minimum Gasteiger partial charge on any atom is -0.465 e. The monoisotopic (exact) mass is 400 g/mol. The summed E-state index contributed by atoms with van der Waals surface area (Å²) < 4.78 is 0. The van der Waals surface area contributed by atoms with Gasteiger partial charge in [-0.15, -0.1) is 0 Å². The van der Waals surface area contributed by atoms with Crippen LogP contribution in [0.4, 0.5) is 4.79 Å². The number of piperazine rings is 1. The first-order valence-electron chi connectivity index (χ1n) is 10.5. The van der Waals surface area contributed by atoms with Crippen LogP contribution in [0.3, 0.4) is 0 Å². The Morgan fingerprint density at radius 3 is 2.55 bits per heavy atom. The normalized spacial score (nSPS) is 25.9. The predicted octanol–water partition coefficient (Wildman–Crippen LogP) is 1.95. The van der Waals surface area contributed by atoms with Crippen molar-refractivity contribution in [3.63, 3.8) is 0 Å². The van der Waals surface area contributed by atoms with Crippen LogP contribution in [0.15, 0.2) is 24.5 Å². The molecule has 1 aromatic rings. The number of carboxylic acid groups (broad SMARTS) is 1. The molecular formula is C21H28N4O4. The second-order valence-electron chi connectivity index (χ2n) is 8.24. The number of carbonyl (C=O) groups is 3. The lowest BCUT2D eigenvalue weighted by molar-refractivity contribution is -0.171. The maximum atomic E-state index is 13.5. The zero-order valence-corrected chi connectivity index (χ0v) is 16.6. The van der Waals surface area contributed by atoms with Crippen molar-refractivity contribution < 1.29 is 19.5 Å². The molecule has 1 saturated carbocycles. The second-order valence-corrected chi connectivity index (χ2v) is 8.24. The van der Waals surface area contributed by atoms with Crippen LogP contribution >= 0.6 is 0 Å². The van der Waals surface area contributed by atoms with Gasteiger partial charge in [0.15, 0.2) is 0 Å². The molecule has 1 aliphatic carbocycles. The molecule has 156 valence electrons. The Balaban J connectivity index is 1.60. The summed E-state index contributed by atoms with van der Waals surface area (Å²) in [6, 6.07) is 3.31. The molecule has 8 nitrogen and oxygen atoms in total. The number of amides is 3. The van der Waals surface area contributed by atoms with E-state index in [0.717, 1.165) is 37.7 Å². The molecule has 4 rings (SSSR count). The molecule has 2 atom stereocenters. The van der Waals surface area contributed by atoms with E-state index in [9.17, 15) is 19.5 Å². The minimum atomic E-state index is -1.03. The van der Waals surface area contributed by atoms with Crippen molar-refractivity contribution in [2.75, 3.05) is 19.6 Å². The van der Waals surface area contributed by atoms with Crippen LogP contribution in [-0.4, -0.2) is 74.5 Å². The molecule has 0 radical (unpaired) electrons. The molecule has 1 N–H and O–H groups in total. The summed E-state index contributed by atoms with van der Waals surface area (Å²) in [5, 5.41) is 9.70. The molecule has 0 unspecified atom stereocenters. The van der Waals surface area contributed by atoms with Crippen LogP contribution < -0.4 is 0 Å². The average Bonchev–Trinajstić information content (AvgIpc) is 2.74. The van der Waals surface area contributed by atoms with Gasteiger partial charge in [-0.3, -0.25) is 19.5 Å². The Labute approximate surface area is 170 Å². The molecule has 8 heteroatoms. The molecular weight excluding hydrogens is 372 g/mol.